The van der Waals surface area contributed by atoms with Crippen molar-refractivity contribution in [2.75, 3.05) is 53.0 Å². The number of likely N-dealkylation sites (tertiary alicyclic amines) is 1. The van der Waals surface area contributed by atoms with Gasteiger partial charge < -0.3 is 39.0 Å². The maximum atomic E-state index is 14.2. The fourth-order valence-electron chi connectivity index (χ4n) is 5.67. The molecule has 2 aliphatic rings. The lowest BCUT2D eigenvalue weighted by molar-refractivity contribution is -0.155. The Labute approximate surface area is 299 Å². The summed E-state index contributed by atoms with van der Waals surface area (Å²) in [5.74, 6) is -7.22. The van der Waals surface area contributed by atoms with Gasteiger partial charge in [-0.25, -0.2) is 23.1 Å². The van der Waals surface area contributed by atoms with Crippen LogP contribution in [0.1, 0.15) is 57.4 Å². The molecular weight excluding hydrogens is 690 g/mol. The SMILES string of the molecule is CCOC(=O)N1CCN(C(=O)[C@H](CCC(=O)OC(C)(C)C)NC(=O)c2cc(OCC(=O)N3CC(F)(F)C[C@H]3C(=O)OC)n(-c3ccccc3)n2)CC1. The molecule has 52 heavy (non-hydrogen) atoms. The molecule has 2 aromatic rings. The molecule has 1 aromatic heterocycles. The van der Waals surface area contributed by atoms with Crippen molar-refractivity contribution in [2.24, 2.45) is 0 Å². The molecule has 4 rings (SSSR count). The highest BCUT2D eigenvalue weighted by Gasteiger charge is 2.50. The second kappa shape index (κ2) is 16.8. The van der Waals surface area contributed by atoms with Gasteiger partial charge in [0.25, 0.3) is 17.7 Å². The first-order valence-corrected chi connectivity index (χ1v) is 16.8. The smallest absolute Gasteiger partial charge is 0.409 e. The maximum Gasteiger partial charge on any atom is 0.409 e. The molecule has 2 fully saturated rings. The lowest BCUT2D eigenvalue weighted by Gasteiger charge is -2.36. The van der Waals surface area contributed by atoms with E-state index >= 15 is 0 Å². The van der Waals surface area contributed by atoms with E-state index in [0.717, 1.165) is 7.11 Å². The van der Waals surface area contributed by atoms with Crippen LogP contribution in [-0.2, 0) is 33.4 Å². The van der Waals surface area contributed by atoms with Crippen molar-refractivity contribution in [3.05, 3.63) is 42.1 Å². The number of hydrogen-bond donors (Lipinski definition) is 1. The van der Waals surface area contributed by atoms with Gasteiger partial charge in [0.15, 0.2) is 12.3 Å². The van der Waals surface area contributed by atoms with Crippen LogP contribution < -0.4 is 10.1 Å². The Balaban J connectivity index is 1.54. The van der Waals surface area contributed by atoms with Crippen LogP contribution in [0.15, 0.2) is 36.4 Å². The maximum absolute atomic E-state index is 14.2. The van der Waals surface area contributed by atoms with Crippen LogP contribution in [0.5, 0.6) is 5.88 Å². The number of rotatable bonds is 12. The van der Waals surface area contributed by atoms with E-state index in [1.807, 2.05) is 0 Å². The number of aromatic nitrogens is 2. The number of carbonyl (C=O) groups excluding carboxylic acids is 6. The Kier molecular flexibility index (Phi) is 12.8. The normalized spacial score (nSPS) is 17.6. The number of carbonyl (C=O) groups is 6. The molecule has 0 aliphatic carbocycles. The number of amides is 4. The lowest BCUT2D eigenvalue weighted by atomic mass is 10.1. The van der Waals surface area contributed by atoms with E-state index in [-0.39, 0.29) is 57.2 Å². The third-order valence-corrected chi connectivity index (χ3v) is 8.10. The first-order valence-electron chi connectivity index (χ1n) is 16.8. The first-order chi connectivity index (χ1) is 24.5. The van der Waals surface area contributed by atoms with Crippen molar-refractivity contribution in [1.29, 1.82) is 0 Å². The number of esters is 2. The van der Waals surface area contributed by atoms with Gasteiger partial charge in [-0.15, -0.1) is 0 Å². The summed E-state index contributed by atoms with van der Waals surface area (Å²) >= 11 is 0. The lowest BCUT2D eigenvalue weighted by Crippen LogP contribution is -2.56. The van der Waals surface area contributed by atoms with E-state index in [1.54, 1.807) is 58.0 Å². The Morgan fingerprint density at radius 2 is 1.67 bits per heavy atom. The highest BCUT2D eigenvalue weighted by Crippen LogP contribution is 2.33. The number of para-hydroxylation sites is 1. The topological polar surface area (TPSA) is 179 Å². The standard InChI is InChI=1S/C34H44F2N6O10/c1-6-50-32(48)40-16-14-39(15-17-40)30(46)23(12-13-28(44)52-33(2,3)4)37-29(45)24-18-27(42(38-24)22-10-8-7-9-11-22)51-20-26(43)41-21-34(35,36)19-25(41)31(47)49-5/h7-11,18,23,25H,6,12-17,19-21H2,1-5H3,(H,37,45)/t23-,25-/m0/s1. The Bertz CT molecular complexity index is 1620. The molecule has 4 amide bonds. The van der Waals surface area contributed by atoms with Crippen LogP contribution in [0.3, 0.4) is 0 Å². The number of benzene rings is 1. The van der Waals surface area contributed by atoms with E-state index in [2.05, 4.69) is 15.2 Å². The van der Waals surface area contributed by atoms with Gasteiger partial charge in [0, 0.05) is 45.1 Å². The number of piperazine rings is 1. The van der Waals surface area contributed by atoms with Crippen molar-refractivity contribution in [3.63, 3.8) is 0 Å². The average molecular weight is 735 g/mol. The van der Waals surface area contributed by atoms with Gasteiger partial charge in [-0.1, -0.05) is 18.2 Å². The highest BCUT2D eigenvalue weighted by atomic mass is 19.3. The molecule has 0 saturated carbocycles. The van der Waals surface area contributed by atoms with Crippen molar-refractivity contribution < 1.29 is 56.5 Å². The van der Waals surface area contributed by atoms with Crippen molar-refractivity contribution in [1.82, 2.24) is 29.8 Å². The second-order valence-corrected chi connectivity index (χ2v) is 13.2. The molecule has 0 bridgehead atoms. The van der Waals surface area contributed by atoms with Crippen LogP contribution in [0, 0.1) is 0 Å². The predicted octanol–water partition coefficient (Wildman–Crippen LogP) is 2.18. The molecule has 0 unspecified atom stereocenters. The summed E-state index contributed by atoms with van der Waals surface area (Å²) in [6, 6.07) is 6.89. The molecule has 1 N–H and O–H groups in total. The van der Waals surface area contributed by atoms with Crippen LogP contribution >= 0.6 is 0 Å². The fraction of sp³-hybridized carbons (Fsp3) is 0.559. The fourth-order valence-corrected chi connectivity index (χ4v) is 5.67. The quantitative estimate of drug-likeness (QED) is 0.250. The van der Waals surface area contributed by atoms with Gasteiger partial charge in [-0.3, -0.25) is 19.2 Å². The predicted molar refractivity (Wildman–Crippen MR) is 178 cm³/mol. The van der Waals surface area contributed by atoms with Crippen LogP contribution in [-0.4, -0.2) is 137 Å². The number of halogens is 2. The summed E-state index contributed by atoms with van der Waals surface area (Å²) in [5.41, 5.74) is -0.587. The van der Waals surface area contributed by atoms with E-state index in [9.17, 15) is 37.5 Å². The van der Waals surface area contributed by atoms with Gasteiger partial charge in [-0.05, 0) is 46.2 Å². The van der Waals surface area contributed by atoms with Gasteiger partial charge in [-0.2, -0.15) is 5.10 Å². The Morgan fingerprint density at radius 1 is 1.02 bits per heavy atom. The number of methoxy groups -OCH3 is 1. The molecule has 2 aliphatic heterocycles. The Morgan fingerprint density at radius 3 is 2.29 bits per heavy atom. The zero-order valence-corrected chi connectivity index (χ0v) is 29.8. The van der Waals surface area contributed by atoms with Gasteiger partial charge in [0.1, 0.15) is 17.7 Å². The number of nitrogens with one attached hydrogen (secondary N) is 1. The molecule has 1 aromatic carbocycles. The zero-order valence-electron chi connectivity index (χ0n) is 29.8. The van der Waals surface area contributed by atoms with Crippen molar-refractivity contribution >= 4 is 35.8 Å². The Hall–Kier alpha value is -5.29. The molecule has 0 spiro atoms. The van der Waals surface area contributed by atoms with Gasteiger partial charge in [0.2, 0.25) is 11.8 Å². The third kappa shape index (κ3) is 10.4. The summed E-state index contributed by atoms with van der Waals surface area (Å²) < 4.78 is 50.3. The molecule has 0 radical (unpaired) electrons. The van der Waals surface area contributed by atoms with Gasteiger partial charge in [0.05, 0.1) is 25.9 Å². The summed E-state index contributed by atoms with van der Waals surface area (Å²) in [6.45, 7) is 5.93. The average Bonchev–Trinajstić information content (AvgIpc) is 3.68. The number of hydrogen-bond acceptors (Lipinski definition) is 11. The molecule has 16 nitrogen and oxygen atoms in total. The minimum Gasteiger partial charge on any atom is -0.467 e. The van der Waals surface area contributed by atoms with Crippen molar-refractivity contribution in [2.45, 2.75) is 70.6 Å². The second-order valence-electron chi connectivity index (χ2n) is 13.2. The molecule has 284 valence electrons. The molecular formula is C34H44F2N6O10. The van der Waals surface area contributed by atoms with Gasteiger partial charge >= 0.3 is 18.0 Å². The molecule has 3 heterocycles. The third-order valence-electron chi connectivity index (χ3n) is 8.10. The summed E-state index contributed by atoms with van der Waals surface area (Å²) in [4.78, 5) is 81.0. The number of nitrogens with zero attached hydrogens (tertiary/aromatic N) is 5. The summed E-state index contributed by atoms with van der Waals surface area (Å²) in [5, 5.41) is 6.99. The van der Waals surface area contributed by atoms with E-state index in [1.165, 1.54) is 20.5 Å². The highest BCUT2D eigenvalue weighted by molar-refractivity contribution is 5.96. The summed E-state index contributed by atoms with van der Waals surface area (Å²) in [6.07, 6.45) is -1.71. The monoisotopic (exact) mass is 734 g/mol. The number of alkyl halides is 2. The van der Waals surface area contributed by atoms with Crippen LogP contribution in [0.2, 0.25) is 0 Å². The molecule has 2 atom stereocenters. The first kappa shape index (κ1) is 39.5. The van der Waals surface area contributed by atoms with Crippen molar-refractivity contribution in [3.8, 4) is 11.6 Å². The summed E-state index contributed by atoms with van der Waals surface area (Å²) in [7, 11) is 1.03. The van der Waals surface area contributed by atoms with E-state index in [0.29, 0.717) is 10.6 Å². The van der Waals surface area contributed by atoms with Crippen LogP contribution in [0.4, 0.5) is 13.6 Å². The largest absolute Gasteiger partial charge is 0.467 e. The van der Waals surface area contributed by atoms with E-state index in [4.69, 9.17) is 14.2 Å². The minimum absolute atomic E-state index is 0.114. The van der Waals surface area contributed by atoms with E-state index < -0.39 is 78.9 Å². The molecule has 18 heteroatoms. The minimum atomic E-state index is -3.31. The molecule has 2 saturated heterocycles. The number of ether oxygens (including phenoxy) is 4. The zero-order chi connectivity index (χ0) is 38.2. The van der Waals surface area contributed by atoms with Crippen LogP contribution in [0.25, 0.3) is 5.69 Å².